The third-order valence-corrected chi connectivity index (χ3v) is 3.23. The molecule has 0 atom stereocenters. The molecular weight excluding hydrogens is 299 g/mol. The van der Waals surface area contributed by atoms with Crippen molar-refractivity contribution in [1.82, 2.24) is 0 Å². The van der Waals surface area contributed by atoms with Crippen molar-refractivity contribution >= 4 is 0 Å². The van der Waals surface area contributed by atoms with Gasteiger partial charge in [0, 0.05) is 16.8 Å². The smallest absolute Gasteiger partial charge is 0 e. The van der Waals surface area contributed by atoms with Gasteiger partial charge in [0.15, 0.2) is 0 Å². The minimum absolute atomic E-state index is 0. The molecule has 0 aromatic rings. The van der Waals surface area contributed by atoms with Crippen molar-refractivity contribution in [3.63, 3.8) is 0 Å². The molecule has 0 nitrogen and oxygen atoms in total. The van der Waals surface area contributed by atoms with Gasteiger partial charge in [0.2, 0.25) is 0 Å². The van der Waals surface area contributed by atoms with Gasteiger partial charge in [-0.05, 0) is 32.1 Å². The van der Waals surface area contributed by atoms with E-state index in [4.69, 9.17) is 0 Å². The van der Waals surface area contributed by atoms with Crippen molar-refractivity contribution in [3.8, 4) is 0 Å². The van der Waals surface area contributed by atoms with Gasteiger partial charge in [-0.25, -0.2) is 0 Å². The summed E-state index contributed by atoms with van der Waals surface area (Å²) in [7, 11) is 0. The number of rotatable bonds is 1. The Morgan fingerprint density at radius 3 is 2.00 bits per heavy atom. The van der Waals surface area contributed by atoms with E-state index in [9.17, 15) is 0 Å². The number of hydrogen-bond donors (Lipinski definition) is 0. The molecule has 21 heavy (non-hydrogen) atoms. The van der Waals surface area contributed by atoms with E-state index in [1.54, 1.807) is 0 Å². The van der Waals surface area contributed by atoms with Crippen LogP contribution in [-0.4, -0.2) is 0 Å². The second-order valence-corrected chi connectivity index (χ2v) is 5.20. The molecule has 0 saturated carbocycles. The van der Waals surface area contributed by atoms with Crippen LogP contribution in [0.2, 0.25) is 0 Å². The molecule has 0 unspecified atom stereocenters. The van der Waals surface area contributed by atoms with Crippen molar-refractivity contribution in [1.29, 1.82) is 0 Å². The van der Waals surface area contributed by atoms with E-state index in [2.05, 4.69) is 50.0 Å². The Bertz CT molecular complexity index is 250. The molecule has 0 aromatic heterocycles. The molecule has 0 aromatic carbocycles. The van der Waals surface area contributed by atoms with Crippen molar-refractivity contribution in [2.24, 2.45) is 0 Å². The van der Waals surface area contributed by atoms with E-state index in [1.165, 1.54) is 64.2 Å². The monoisotopic (exact) mass is 332 g/mol. The number of hydrogen-bond acceptors (Lipinski definition) is 0. The third kappa shape index (κ3) is 21.9. The van der Waals surface area contributed by atoms with Crippen molar-refractivity contribution in [2.75, 3.05) is 0 Å². The fourth-order valence-corrected chi connectivity index (χ4v) is 1.91. The van der Waals surface area contributed by atoms with E-state index in [1.807, 2.05) is 6.08 Å². The van der Waals surface area contributed by atoms with Crippen molar-refractivity contribution in [2.45, 2.75) is 77.6 Å². The third-order valence-electron chi connectivity index (χ3n) is 3.23. The van der Waals surface area contributed by atoms with E-state index >= 15 is 0 Å². The predicted octanol–water partition coefficient (Wildman–Crippen LogP) is 6.95. The van der Waals surface area contributed by atoms with Crippen molar-refractivity contribution < 1.29 is 16.8 Å². The summed E-state index contributed by atoms with van der Waals surface area (Å²) in [5, 5.41) is 0. The number of allylic oxidation sites excluding steroid dienone is 7. The van der Waals surface area contributed by atoms with E-state index in [0.717, 1.165) is 6.42 Å². The minimum atomic E-state index is 0. The molecule has 2 aliphatic rings. The maximum absolute atomic E-state index is 3.48. The summed E-state index contributed by atoms with van der Waals surface area (Å²) in [5.41, 5.74) is 0. The van der Waals surface area contributed by atoms with Gasteiger partial charge in [0.05, 0.1) is 0 Å². The summed E-state index contributed by atoms with van der Waals surface area (Å²) in [4.78, 5) is 0. The molecular formula is C20H33Co-. The minimum Gasteiger partial charge on any atom is -0.501 e. The first-order valence-corrected chi connectivity index (χ1v) is 8.39. The van der Waals surface area contributed by atoms with Crippen LogP contribution in [0, 0.1) is 6.08 Å². The summed E-state index contributed by atoms with van der Waals surface area (Å²) in [6, 6.07) is 0. The summed E-state index contributed by atoms with van der Waals surface area (Å²) in [6.45, 7) is 5.54. The Morgan fingerprint density at radius 2 is 1.43 bits per heavy atom. The van der Waals surface area contributed by atoms with Gasteiger partial charge in [-0.1, -0.05) is 69.4 Å². The Labute approximate surface area is 143 Å². The summed E-state index contributed by atoms with van der Waals surface area (Å²) < 4.78 is 0. The molecule has 0 spiro atoms. The molecule has 0 saturated heterocycles. The van der Waals surface area contributed by atoms with Crippen LogP contribution >= 0.6 is 0 Å². The van der Waals surface area contributed by atoms with Gasteiger partial charge in [0.25, 0.3) is 0 Å². The van der Waals surface area contributed by atoms with Crippen LogP contribution in [0.15, 0.2) is 43.0 Å². The maximum atomic E-state index is 3.48. The summed E-state index contributed by atoms with van der Waals surface area (Å²) >= 11 is 0. The van der Waals surface area contributed by atoms with E-state index < -0.39 is 0 Å². The van der Waals surface area contributed by atoms with Gasteiger partial charge in [-0.2, -0.15) is 6.42 Å². The summed E-state index contributed by atoms with van der Waals surface area (Å²) in [6.07, 6.45) is 30.5. The Morgan fingerprint density at radius 1 is 0.905 bits per heavy atom. The largest absolute Gasteiger partial charge is 0.501 e. The predicted molar refractivity (Wildman–Crippen MR) is 92.8 cm³/mol. The van der Waals surface area contributed by atoms with Crippen LogP contribution < -0.4 is 0 Å². The van der Waals surface area contributed by atoms with Crippen LogP contribution in [0.5, 0.6) is 0 Å². The van der Waals surface area contributed by atoms with E-state index in [0.29, 0.717) is 0 Å². The standard InChI is InChI=1S/C8H13.C8H12.C4H8.Co/c2*1-2-4-6-8-7-5-3-1;1-3-4-2;/h1H,2,4-8H2;1-4H,5-8H2;3H,1,4H2,2H3;/q-1;;;. The zero-order valence-corrected chi connectivity index (χ0v) is 14.8. The first kappa shape index (κ1) is 22.7. The normalized spacial score (nSPS) is 17.2. The fraction of sp³-hybridized carbons (Fsp3) is 0.600. The maximum Gasteiger partial charge on any atom is 0 e. The fourth-order valence-electron chi connectivity index (χ4n) is 1.91. The van der Waals surface area contributed by atoms with Crippen LogP contribution in [0.25, 0.3) is 0 Å². The average molecular weight is 332 g/mol. The van der Waals surface area contributed by atoms with E-state index in [-0.39, 0.29) is 16.8 Å². The molecule has 1 radical (unpaired) electrons. The van der Waals surface area contributed by atoms with Crippen LogP contribution in [0.3, 0.4) is 0 Å². The van der Waals surface area contributed by atoms with Crippen LogP contribution in [0.1, 0.15) is 77.6 Å². The molecule has 2 aliphatic carbocycles. The first-order chi connectivity index (χ1) is 9.91. The Kier molecular flexibility index (Phi) is 23.6. The second-order valence-electron chi connectivity index (χ2n) is 5.20. The molecule has 0 fully saturated rings. The van der Waals surface area contributed by atoms with Gasteiger partial charge in [-0.15, -0.1) is 6.58 Å². The zero-order chi connectivity index (χ0) is 14.7. The van der Waals surface area contributed by atoms with Gasteiger partial charge < -0.3 is 6.08 Å². The van der Waals surface area contributed by atoms with Crippen LogP contribution in [0.4, 0.5) is 0 Å². The molecule has 0 amide bonds. The van der Waals surface area contributed by atoms with Gasteiger partial charge >= 0.3 is 0 Å². The zero-order valence-electron chi connectivity index (χ0n) is 13.8. The molecule has 0 aliphatic heterocycles. The second kappa shape index (κ2) is 21.8. The molecule has 1 heteroatoms. The Balaban J connectivity index is 0. The molecule has 123 valence electrons. The Hall–Kier alpha value is -0.534. The topological polar surface area (TPSA) is 0 Å². The quantitative estimate of drug-likeness (QED) is 0.360. The first-order valence-electron chi connectivity index (χ1n) is 8.39. The molecule has 0 bridgehead atoms. The SMILES string of the molecule is C1=CCCCCC=C1.C=CCC.[C-]1=CCCCCCC1.[Co]. The van der Waals surface area contributed by atoms with Gasteiger partial charge in [0.1, 0.15) is 0 Å². The molecule has 0 heterocycles. The van der Waals surface area contributed by atoms with Crippen molar-refractivity contribution in [3.05, 3.63) is 49.1 Å². The molecule has 2 rings (SSSR count). The summed E-state index contributed by atoms with van der Waals surface area (Å²) in [5.74, 6) is 0. The van der Waals surface area contributed by atoms with Gasteiger partial charge in [-0.3, -0.25) is 6.08 Å². The molecule has 0 N–H and O–H groups in total. The average Bonchev–Trinajstić information content (AvgIpc) is 2.38. The van der Waals surface area contributed by atoms with Crippen LogP contribution in [-0.2, 0) is 16.8 Å².